The lowest BCUT2D eigenvalue weighted by Gasteiger charge is -2.09. The minimum Gasteiger partial charge on any atom is -0.372 e. The minimum atomic E-state index is -0.500. The van der Waals surface area contributed by atoms with Crippen LogP contribution in [-0.4, -0.2) is 25.5 Å². The number of ketones is 1. The zero-order valence-electron chi connectivity index (χ0n) is 15.9. The SMILES string of the molecule is CC(C)c1nnc(CNc2ccc(C(=O)c3ccccc3)cc2[N+](=O)[O-])n1C. The summed E-state index contributed by atoms with van der Waals surface area (Å²) in [7, 11) is 1.86. The van der Waals surface area contributed by atoms with Crippen LogP contribution in [0.2, 0.25) is 0 Å². The van der Waals surface area contributed by atoms with Crippen molar-refractivity contribution in [1.82, 2.24) is 14.8 Å². The molecule has 3 rings (SSSR count). The Kier molecular flexibility index (Phi) is 5.49. The third kappa shape index (κ3) is 3.90. The lowest BCUT2D eigenvalue weighted by molar-refractivity contribution is -0.384. The number of anilines is 1. The Hall–Kier alpha value is -3.55. The van der Waals surface area contributed by atoms with Crippen LogP contribution >= 0.6 is 0 Å². The fourth-order valence-corrected chi connectivity index (χ4v) is 2.94. The molecular formula is C20H21N5O3. The van der Waals surface area contributed by atoms with Crippen LogP contribution in [0.25, 0.3) is 0 Å². The highest BCUT2D eigenvalue weighted by Crippen LogP contribution is 2.27. The summed E-state index contributed by atoms with van der Waals surface area (Å²) >= 11 is 0. The molecule has 3 aromatic rings. The second-order valence-corrected chi connectivity index (χ2v) is 6.73. The number of nitrogens with one attached hydrogen (secondary N) is 1. The number of rotatable bonds is 7. The quantitative estimate of drug-likeness (QED) is 0.381. The summed E-state index contributed by atoms with van der Waals surface area (Å²) in [6.07, 6.45) is 0. The molecule has 0 unspecified atom stereocenters. The molecule has 0 aliphatic carbocycles. The number of hydrogen-bond acceptors (Lipinski definition) is 6. The van der Waals surface area contributed by atoms with Gasteiger partial charge >= 0.3 is 0 Å². The van der Waals surface area contributed by atoms with Crippen molar-refractivity contribution in [2.45, 2.75) is 26.3 Å². The number of carbonyl (C=O) groups excluding carboxylic acids is 1. The van der Waals surface area contributed by atoms with Crippen molar-refractivity contribution >= 4 is 17.2 Å². The van der Waals surface area contributed by atoms with Crippen molar-refractivity contribution in [3.8, 4) is 0 Å². The highest BCUT2D eigenvalue weighted by Gasteiger charge is 2.19. The molecule has 0 radical (unpaired) electrons. The topological polar surface area (TPSA) is 103 Å². The van der Waals surface area contributed by atoms with Gasteiger partial charge in [-0.25, -0.2) is 0 Å². The summed E-state index contributed by atoms with van der Waals surface area (Å²) in [6, 6.07) is 13.1. The van der Waals surface area contributed by atoms with Crippen LogP contribution in [0.4, 0.5) is 11.4 Å². The number of nitrogens with zero attached hydrogens (tertiary/aromatic N) is 4. The van der Waals surface area contributed by atoms with Gasteiger partial charge in [-0.05, 0) is 12.1 Å². The maximum Gasteiger partial charge on any atom is 0.293 e. The van der Waals surface area contributed by atoms with E-state index in [0.717, 1.165) is 5.82 Å². The molecule has 0 amide bonds. The lowest BCUT2D eigenvalue weighted by Crippen LogP contribution is -2.10. The predicted molar refractivity (Wildman–Crippen MR) is 105 cm³/mol. The van der Waals surface area contributed by atoms with Crippen molar-refractivity contribution in [3.05, 3.63) is 81.4 Å². The first-order valence-electron chi connectivity index (χ1n) is 8.88. The average Bonchev–Trinajstić information content (AvgIpc) is 3.07. The summed E-state index contributed by atoms with van der Waals surface area (Å²) in [5.41, 5.74) is 0.916. The second kappa shape index (κ2) is 7.99. The summed E-state index contributed by atoms with van der Waals surface area (Å²) < 4.78 is 1.87. The average molecular weight is 379 g/mol. The molecule has 1 heterocycles. The van der Waals surface area contributed by atoms with Crippen molar-refractivity contribution in [1.29, 1.82) is 0 Å². The van der Waals surface area contributed by atoms with Gasteiger partial charge in [-0.15, -0.1) is 10.2 Å². The van der Waals surface area contributed by atoms with Crippen LogP contribution in [0.1, 0.15) is 47.3 Å². The molecule has 144 valence electrons. The minimum absolute atomic E-state index is 0.159. The van der Waals surface area contributed by atoms with E-state index in [4.69, 9.17) is 0 Å². The summed E-state index contributed by atoms with van der Waals surface area (Å²) in [6.45, 7) is 4.33. The van der Waals surface area contributed by atoms with Gasteiger partial charge in [-0.1, -0.05) is 44.2 Å². The largest absolute Gasteiger partial charge is 0.372 e. The van der Waals surface area contributed by atoms with Crippen LogP contribution in [0.5, 0.6) is 0 Å². The smallest absolute Gasteiger partial charge is 0.293 e. The molecule has 0 saturated carbocycles. The van der Waals surface area contributed by atoms with Crippen LogP contribution < -0.4 is 5.32 Å². The van der Waals surface area contributed by atoms with Crippen molar-refractivity contribution < 1.29 is 9.72 Å². The number of aromatic nitrogens is 3. The van der Waals surface area contributed by atoms with E-state index in [1.165, 1.54) is 6.07 Å². The molecule has 0 spiro atoms. The molecule has 1 aromatic heterocycles. The molecule has 1 N–H and O–H groups in total. The maximum atomic E-state index is 12.6. The fourth-order valence-electron chi connectivity index (χ4n) is 2.94. The normalized spacial score (nSPS) is 10.9. The van der Waals surface area contributed by atoms with Crippen molar-refractivity contribution in [2.24, 2.45) is 7.05 Å². The first kappa shape index (κ1) is 19.2. The summed E-state index contributed by atoms with van der Waals surface area (Å²) in [5, 5.41) is 22.8. The van der Waals surface area contributed by atoms with E-state index < -0.39 is 4.92 Å². The molecule has 0 fully saturated rings. The van der Waals surface area contributed by atoms with Crippen LogP contribution in [0.15, 0.2) is 48.5 Å². The molecule has 8 nitrogen and oxygen atoms in total. The van der Waals surface area contributed by atoms with Gasteiger partial charge in [0.15, 0.2) is 11.6 Å². The van der Waals surface area contributed by atoms with Gasteiger partial charge in [-0.2, -0.15) is 0 Å². The highest BCUT2D eigenvalue weighted by molar-refractivity contribution is 6.09. The van der Waals surface area contributed by atoms with Gasteiger partial charge in [0, 0.05) is 30.2 Å². The van der Waals surface area contributed by atoms with Crippen molar-refractivity contribution in [3.63, 3.8) is 0 Å². The second-order valence-electron chi connectivity index (χ2n) is 6.73. The number of carbonyl (C=O) groups is 1. The molecule has 2 aromatic carbocycles. The van der Waals surface area contributed by atoms with Crippen LogP contribution in [-0.2, 0) is 13.6 Å². The van der Waals surface area contributed by atoms with E-state index in [1.807, 2.05) is 31.5 Å². The standard InChI is InChI=1S/C20H21N5O3/c1-13(2)20-23-22-18(24(20)3)12-21-16-10-9-15(11-17(16)25(27)28)19(26)14-7-5-4-6-8-14/h4-11,13,21H,12H2,1-3H3. The van der Waals surface area contributed by atoms with E-state index in [1.54, 1.807) is 36.4 Å². The molecule has 0 atom stereocenters. The molecule has 0 saturated heterocycles. The summed E-state index contributed by atoms with van der Waals surface area (Å²) in [5.74, 6) is 1.48. The monoisotopic (exact) mass is 379 g/mol. The van der Waals surface area contributed by atoms with Gasteiger partial charge in [-0.3, -0.25) is 14.9 Å². The number of nitro groups is 1. The van der Waals surface area contributed by atoms with E-state index in [-0.39, 0.29) is 29.5 Å². The molecule has 0 bridgehead atoms. The van der Waals surface area contributed by atoms with Gasteiger partial charge < -0.3 is 9.88 Å². The number of nitro benzene ring substituents is 1. The van der Waals surface area contributed by atoms with Crippen LogP contribution in [0, 0.1) is 10.1 Å². The Balaban J connectivity index is 1.84. The zero-order chi connectivity index (χ0) is 20.3. The molecule has 0 aliphatic rings. The van der Waals surface area contributed by atoms with Crippen molar-refractivity contribution in [2.75, 3.05) is 5.32 Å². The maximum absolute atomic E-state index is 12.6. The Morgan fingerprint density at radius 3 is 2.46 bits per heavy atom. The fraction of sp³-hybridized carbons (Fsp3) is 0.250. The Labute approximate surface area is 162 Å². The molecule has 28 heavy (non-hydrogen) atoms. The number of hydrogen-bond donors (Lipinski definition) is 1. The number of benzene rings is 2. The van der Waals surface area contributed by atoms with Gasteiger partial charge in [0.1, 0.15) is 11.5 Å². The predicted octanol–water partition coefficient (Wildman–Crippen LogP) is 3.69. The third-order valence-corrected chi connectivity index (χ3v) is 4.44. The van der Waals surface area contributed by atoms with E-state index in [2.05, 4.69) is 15.5 Å². The van der Waals surface area contributed by atoms with Gasteiger partial charge in [0.2, 0.25) is 0 Å². The molecular weight excluding hydrogens is 358 g/mol. The van der Waals surface area contributed by atoms with E-state index in [9.17, 15) is 14.9 Å². The van der Waals surface area contributed by atoms with Gasteiger partial charge in [0.05, 0.1) is 11.5 Å². The molecule has 0 aliphatic heterocycles. The van der Waals surface area contributed by atoms with E-state index in [0.29, 0.717) is 17.1 Å². The third-order valence-electron chi connectivity index (χ3n) is 4.44. The highest BCUT2D eigenvalue weighted by atomic mass is 16.6. The lowest BCUT2D eigenvalue weighted by atomic mass is 10.0. The zero-order valence-corrected chi connectivity index (χ0v) is 15.9. The van der Waals surface area contributed by atoms with Gasteiger partial charge in [0.25, 0.3) is 5.69 Å². The molecule has 8 heteroatoms. The Morgan fingerprint density at radius 1 is 1.14 bits per heavy atom. The van der Waals surface area contributed by atoms with Crippen LogP contribution in [0.3, 0.4) is 0 Å². The van der Waals surface area contributed by atoms with E-state index >= 15 is 0 Å². The summed E-state index contributed by atoms with van der Waals surface area (Å²) in [4.78, 5) is 23.6. The first-order chi connectivity index (χ1) is 13.4. The Morgan fingerprint density at radius 2 is 1.86 bits per heavy atom. The first-order valence-corrected chi connectivity index (χ1v) is 8.88. The Bertz CT molecular complexity index is 1010.